The van der Waals surface area contributed by atoms with Crippen molar-refractivity contribution >= 4 is 16.8 Å². The van der Waals surface area contributed by atoms with E-state index in [9.17, 15) is 9.59 Å². The average molecular weight is 367 g/mol. The van der Waals surface area contributed by atoms with Gasteiger partial charge >= 0.3 is 5.63 Å². The molecule has 5 nitrogen and oxygen atoms in total. The Balaban J connectivity index is 1.87. The van der Waals surface area contributed by atoms with Gasteiger partial charge in [-0.25, -0.2) is 4.79 Å². The Hall–Kier alpha value is -2.82. The number of ether oxygens (including phenoxy) is 1. The molecule has 0 unspecified atom stereocenters. The monoisotopic (exact) mass is 367 g/mol. The highest BCUT2D eigenvalue weighted by molar-refractivity contribution is 5.98. The van der Waals surface area contributed by atoms with Gasteiger partial charge in [0.25, 0.3) is 0 Å². The van der Waals surface area contributed by atoms with Crippen molar-refractivity contribution in [2.75, 3.05) is 6.61 Å². The number of fused-ring (bicyclic) bond motifs is 1. The number of carbonyl (C=O) groups is 1. The summed E-state index contributed by atoms with van der Waals surface area (Å²) in [6.45, 7) is 11.8. The van der Waals surface area contributed by atoms with Crippen LogP contribution in [0.15, 0.2) is 33.5 Å². The van der Waals surface area contributed by atoms with Gasteiger partial charge in [-0.05, 0) is 65.3 Å². The van der Waals surface area contributed by atoms with Crippen LogP contribution >= 0.6 is 0 Å². The van der Waals surface area contributed by atoms with Crippen molar-refractivity contribution in [3.8, 4) is 5.75 Å². The van der Waals surface area contributed by atoms with Crippen LogP contribution in [0.4, 0.5) is 0 Å². The van der Waals surface area contributed by atoms with E-state index in [1.54, 1.807) is 0 Å². The Bertz CT molecular complexity index is 1090. The maximum absolute atomic E-state index is 12.7. The molecule has 0 bridgehead atoms. The van der Waals surface area contributed by atoms with Crippen LogP contribution in [0, 0.1) is 27.7 Å². The van der Waals surface area contributed by atoms with Crippen LogP contribution in [0.1, 0.15) is 52.8 Å². The summed E-state index contributed by atoms with van der Waals surface area (Å²) in [5, 5.41) is 0.867. The third-order valence-electron chi connectivity index (χ3n) is 4.98. The molecule has 27 heavy (non-hydrogen) atoms. The van der Waals surface area contributed by atoms with Crippen LogP contribution in [0.25, 0.3) is 11.0 Å². The Kier molecular flexibility index (Phi) is 4.96. The predicted octanol–water partition coefficient (Wildman–Crippen LogP) is 4.67. The second-order valence-electron chi connectivity index (χ2n) is 7.27. The minimum atomic E-state index is -0.391. The Morgan fingerprint density at radius 1 is 1.15 bits per heavy atom. The molecule has 0 radical (unpaired) electrons. The fraction of sp³-hybridized carbons (Fsp3) is 0.364. The zero-order valence-corrected chi connectivity index (χ0v) is 16.7. The van der Waals surface area contributed by atoms with E-state index in [1.165, 1.54) is 6.07 Å². The molecule has 0 saturated heterocycles. The van der Waals surface area contributed by atoms with E-state index < -0.39 is 5.63 Å². The summed E-state index contributed by atoms with van der Waals surface area (Å²) < 4.78 is 13.3. The standard InChI is InChI=1S/C22H25NO4/c1-12(2)23-14(4)10-18(16(23)6)19(24)11-26-20-8-7-17-13(3)9-21(25)27-22(17)15(20)5/h7-10,12H,11H2,1-6H3. The number of aryl methyl sites for hydroxylation is 3. The fourth-order valence-corrected chi connectivity index (χ4v) is 3.73. The lowest BCUT2D eigenvalue weighted by Crippen LogP contribution is -2.14. The highest BCUT2D eigenvalue weighted by Gasteiger charge is 2.18. The van der Waals surface area contributed by atoms with Gasteiger partial charge in [-0.1, -0.05) is 0 Å². The number of hydrogen-bond acceptors (Lipinski definition) is 4. The van der Waals surface area contributed by atoms with Crippen molar-refractivity contribution in [2.45, 2.75) is 47.6 Å². The van der Waals surface area contributed by atoms with Crippen molar-refractivity contribution in [3.63, 3.8) is 0 Å². The molecular formula is C22H25NO4. The number of hydrogen-bond donors (Lipinski definition) is 0. The summed E-state index contributed by atoms with van der Waals surface area (Å²) in [7, 11) is 0. The maximum Gasteiger partial charge on any atom is 0.336 e. The molecule has 0 N–H and O–H groups in total. The molecule has 0 aliphatic carbocycles. The largest absolute Gasteiger partial charge is 0.485 e. The first-order valence-electron chi connectivity index (χ1n) is 9.09. The summed E-state index contributed by atoms with van der Waals surface area (Å²) >= 11 is 0. The molecular weight excluding hydrogens is 342 g/mol. The number of nitrogens with zero attached hydrogens (tertiary/aromatic N) is 1. The first-order valence-corrected chi connectivity index (χ1v) is 9.09. The molecule has 5 heteroatoms. The summed E-state index contributed by atoms with van der Waals surface area (Å²) in [5.74, 6) is 0.474. The fourth-order valence-electron chi connectivity index (χ4n) is 3.73. The quantitative estimate of drug-likeness (QED) is 0.486. The molecule has 0 aliphatic rings. The van der Waals surface area contributed by atoms with Gasteiger partial charge in [0.1, 0.15) is 11.3 Å². The molecule has 3 aromatic rings. The van der Waals surface area contributed by atoms with Crippen molar-refractivity contribution in [1.82, 2.24) is 4.57 Å². The van der Waals surface area contributed by atoms with Crippen molar-refractivity contribution in [2.24, 2.45) is 0 Å². The van der Waals surface area contributed by atoms with Gasteiger partial charge < -0.3 is 13.7 Å². The number of Topliss-reactive ketones (excluding diaryl/α,β-unsaturated/α-hetero) is 1. The molecule has 0 aliphatic heterocycles. The minimum absolute atomic E-state index is 0.0647. The lowest BCUT2D eigenvalue weighted by molar-refractivity contribution is 0.0920. The molecule has 1 aromatic carbocycles. The van der Waals surface area contributed by atoms with E-state index in [1.807, 2.05) is 45.9 Å². The van der Waals surface area contributed by atoms with Gasteiger partial charge in [0.2, 0.25) is 5.78 Å². The molecule has 3 rings (SSSR count). The average Bonchev–Trinajstić information content (AvgIpc) is 2.89. The zero-order chi connectivity index (χ0) is 19.9. The third-order valence-corrected chi connectivity index (χ3v) is 4.98. The normalized spacial score (nSPS) is 11.4. The lowest BCUT2D eigenvalue weighted by Gasteiger charge is -2.14. The lowest BCUT2D eigenvalue weighted by atomic mass is 10.1. The van der Waals surface area contributed by atoms with Gasteiger partial charge in [-0.2, -0.15) is 0 Å². The first-order chi connectivity index (χ1) is 12.7. The van der Waals surface area contributed by atoms with Crippen LogP contribution in [-0.4, -0.2) is 17.0 Å². The van der Waals surface area contributed by atoms with Crippen LogP contribution in [-0.2, 0) is 0 Å². The number of benzene rings is 1. The molecule has 142 valence electrons. The van der Waals surface area contributed by atoms with Crippen LogP contribution < -0.4 is 10.4 Å². The summed E-state index contributed by atoms with van der Waals surface area (Å²) in [6.07, 6.45) is 0. The van der Waals surface area contributed by atoms with Crippen LogP contribution in [0.2, 0.25) is 0 Å². The molecule has 0 amide bonds. The number of aromatic nitrogens is 1. The summed E-state index contributed by atoms with van der Waals surface area (Å²) in [5.41, 5.74) is 4.38. The second kappa shape index (κ2) is 7.06. The molecule has 0 spiro atoms. The Morgan fingerprint density at radius 3 is 2.48 bits per heavy atom. The van der Waals surface area contributed by atoms with E-state index in [0.29, 0.717) is 28.5 Å². The first kappa shape index (κ1) is 19.0. The molecule has 0 saturated carbocycles. The minimum Gasteiger partial charge on any atom is -0.485 e. The molecule has 0 fully saturated rings. The number of carbonyl (C=O) groups excluding carboxylic acids is 1. The predicted molar refractivity (Wildman–Crippen MR) is 106 cm³/mol. The van der Waals surface area contributed by atoms with E-state index in [0.717, 1.165) is 22.3 Å². The summed E-state index contributed by atoms with van der Waals surface area (Å²) in [6, 6.07) is 7.34. The molecule has 2 heterocycles. The van der Waals surface area contributed by atoms with Gasteiger partial charge in [0.05, 0.1) is 0 Å². The molecule has 0 atom stereocenters. The van der Waals surface area contributed by atoms with Crippen molar-refractivity contribution in [1.29, 1.82) is 0 Å². The van der Waals surface area contributed by atoms with E-state index >= 15 is 0 Å². The van der Waals surface area contributed by atoms with E-state index in [2.05, 4.69) is 18.4 Å². The maximum atomic E-state index is 12.7. The topological polar surface area (TPSA) is 61.4 Å². The Morgan fingerprint density at radius 2 is 1.85 bits per heavy atom. The van der Waals surface area contributed by atoms with Crippen molar-refractivity contribution in [3.05, 3.63) is 62.8 Å². The smallest absolute Gasteiger partial charge is 0.336 e. The zero-order valence-electron chi connectivity index (χ0n) is 16.7. The van der Waals surface area contributed by atoms with Crippen LogP contribution in [0.3, 0.4) is 0 Å². The third kappa shape index (κ3) is 3.42. The Labute approximate surface area is 158 Å². The highest BCUT2D eigenvalue weighted by atomic mass is 16.5. The van der Waals surface area contributed by atoms with Gasteiger partial charge in [0, 0.05) is 40.0 Å². The van der Waals surface area contributed by atoms with Gasteiger partial charge in [0.15, 0.2) is 6.61 Å². The van der Waals surface area contributed by atoms with E-state index in [4.69, 9.17) is 9.15 Å². The molecule has 2 aromatic heterocycles. The second-order valence-corrected chi connectivity index (χ2v) is 7.27. The summed E-state index contributed by atoms with van der Waals surface area (Å²) in [4.78, 5) is 24.4. The highest BCUT2D eigenvalue weighted by Crippen LogP contribution is 2.28. The SMILES string of the molecule is Cc1cc(=O)oc2c(C)c(OCC(=O)c3cc(C)n(C(C)C)c3C)ccc12. The van der Waals surface area contributed by atoms with Gasteiger partial charge in [-0.15, -0.1) is 0 Å². The number of rotatable bonds is 5. The van der Waals surface area contributed by atoms with Crippen LogP contribution in [0.5, 0.6) is 5.75 Å². The van der Waals surface area contributed by atoms with E-state index in [-0.39, 0.29) is 12.4 Å². The van der Waals surface area contributed by atoms with Gasteiger partial charge in [-0.3, -0.25) is 4.79 Å². The number of ketones is 1. The van der Waals surface area contributed by atoms with Crippen molar-refractivity contribution < 1.29 is 13.9 Å².